The number of nitrogens with zero attached hydrogens (tertiary/aromatic N) is 4. The van der Waals surface area contributed by atoms with Crippen molar-refractivity contribution in [2.24, 2.45) is 0 Å². The summed E-state index contributed by atoms with van der Waals surface area (Å²) >= 11 is 0. The first kappa shape index (κ1) is 21.7. The Hall–Kier alpha value is -4.15. The van der Waals surface area contributed by atoms with Crippen molar-refractivity contribution >= 4 is 28.6 Å². The van der Waals surface area contributed by atoms with Gasteiger partial charge >= 0.3 is 0 Å². The standard InChI is InChI=1S/C23H25N5O6/c1-31-17-10-14-15(11-18(17)32-2)25-23(26-21(14)24)28-7-5-27(6-8-28)22(30)20-12-33-16-4-3-13(29)9-19(16)34-20/h3-4,9-11,20,29H,5-8,12H2,1-2H3,(H2,24,25,26)/t20-/m0/s1. The Morgan fingerprint density at radius 2 is 1.79 bits per heavy atom. The van der Waals surface area contributed by atoms with E-state index in [-0.39, 0.29) is 18.3 Å². The number of carbonyl (C=O) groups is 1. The number of phenolic OH excluding ortho intramolecular Hbond substituents is 1. The van der Waals surface area contributed by atoms with Crippen molar-refractivity contribution in [3.63, 3.8) is 0 Å². The first-order valence-corrected chi connectivity index (χ1v) is 10.8. The zero-order valence-corrected chi connectivity index (χ0v) is 18.9. The van der Waals surface area contributed by atoms with Crippen LogP contribution in [0.25, 0.3) is 10.9 Å². The summed E-state index contributed by atoms with van der Waals surface area (Å²) < 4.78 is 22.1. The molecular weight excluding hydrogens is 442 g/mol. The van der Waals surface area contributed by atoms with Gasteiger partial charge in [0.05, 0.1) is 19.7 Å². The SMILES string of the molecule is COc1cc2nc(N3CCN(C(=O)[C@@H]4COc5ccc(O)cc5O4)CC3)nc(N)c2cc1OC. The minimum atomic E-state index is -0.768. The quantitative estimate of drug-likeness (QED) is 0.580. The molecule has 1 atom stereocenters. The van der Waals surface area contributed by atoms with Crippen LogP contribution in [0.1, 0.15) is 0 Å². The molecule has 3 N–H and O–H groups in total. The van der Waals surface area contributed by atoms with Crippen LogP contribution in [-0.2, 0) is 4.79 Å². The number of nitrogen functional groups attached to an aromatic ring is 1. The van der Waals surface area contributed by atoms with Crippen LogP contribution in [0.3, 0.4) is 0 Å². The van der Waals surface area contributed by atoms with Crippen LogP contribution in [0.5, 0.6) is 28.7 Å². The normalized spacial score (nSPS) is 17.5. The summed E-state index contributed by atoms with van der Waals surface area (Å²) in [6, 6.07) is 8.10. The van der Waals surface area contributed by atoms with Gasteiger partial charge in [-0.15, -0.1) is 0 Å². The largest absolute Gasteiger partial charge is 0.508 e. The van der Waals surface area contributed by atoms with Crippen molar-refractivity contribution in [3.8, 4) is 28.7 Å². The highest BCUT2D eigenvalue weighted by atomic mass is 16.6. The number of ether oxygens (including phenoxy) is 4. The minimum absolute atomic E-state index is 0.0507. The third-order valence-electron chi connectivity index (χ3n) is 5.96. The van der Waals surface area contributed by atoms with Crippen molar-refractivity contribution in [3.05, 3.63) is 30.3 Å². The number of methoxy groups -OCH3 is 2. The third-order valence-corrected chi connectivity index (χ3v) is 5.96. The van der Waals surface area contributed by atoms with E-state index in [1.165, 1.54) is 12.1 Å². The molecule has 178 valence electrons. The molecule has 34 heavy (non-hydrogen) atoms. The average molecular weight is 467 g/mol. The van der Waals surface area contributed by atoms with Crippen LogP contribution in [0, 0.1) is 0 Å². The number of benzene rings is 2. The lowest BCUT2D eigenvalue weighted by atomic mass is 10.2. The van der Waals surface area contributed by atoms with E-state index in [9.17, 15) is 9.90 Å². The predicted octanol–water partition coefficient (Wildman–Crippen LogP) is 1.42. The fourth-order valence-electron chi connectivity index (χ4n) is 4.12. The molecule has 0 saturated carbocycles. The number of hydrogen-bond acceptors (Lipinski definition) is 10. The van der Waals surface area contributed by atoms with E-state index < -0.39 is 6.10 Å². The van der Waals surface area contributed by atoms with Crippen LogP contribution in [-0.4, -0.2) is 79.0 Å². The molecule has 11 nitrogen and oxygen atoms in total. The van der Waals surface area contributed by atoms with Gasteiger partial charge in [-0.05, 0) is 18.2 Å². The lowest BCUT2D eigenvalue weighted by Gasteiger charge is -2.37. The maximum Gasteiger partial charge on any atom is 0.267 e. The van der Waals surface area contributed by atoms with Crippen molar-refractivity contribution in [1.82, 2.24) is 14.9 Å². The van der Waals surface area contributed by atoms with Gasteiger partial charge in [-0.25, -0.2) is 4.98 Å². The Morgan fingerprint density at radius 1 is 1.06 bits per heavy atom. The molecule has 3 aromatic rings. The van der Waals surface area contributed by atoms with E-state index in [4.69, 9.17) is 24.7 Å². The third kappa shape index (κ3) is 3.89. The van der Waals surface area contributed by atoms with E-state index in [1.807, 2.05) is 4.90 Å². The van der Waals surface area contributed by atoms with E-state index in [0.29, 0.717) is 71.8 Å². The van der Waals surface area contributed by atoms with Crippen molar-refractivity contribution in [1.29, 1.82) is 0 Å². The number of phenols is 1. The summed E-state index contributed by atoms with van der Waals surface area (Å²) in [4.78, 5) is 25.9. The van der Waals surface area contributed by atoms with Crippen LogP contribution >= 0.6 is 0 Å². The number of anilines is 2. The molecule has 1 fully saturated rings. The maximum absolute atomic E-state index is 13.0. The molecule has 2 aliphatic heterocycles. The van der Waals surface area contributed by atoms with Gasteiger partial charge in [0.1, 0.15) is 18.2 Å². The monoisotopic (exact) mass is 467 g/mol. The fourth-order valence-corrected chi connectivity index (χ4v) is 4.12. The van der Waals surface area contributed by atoms with Gasteiger partial charge in [-0.2, -0.15) is 4.98 Å². The van der Waals surface area contributed by atoms with E-state index in [1.54, 1.807) is 37.3 Å². The van der Waals surface area contributed by atoms with Gasteiger partial charge in [-0.3, -0.25) is 4.79 Å². The molecule has 0 aliphatic carbocycles. The topological polar surface area (TPSA) is 132 Å². The fraction of sp³-hybridized carbons (Fsp3) is 0.348. The molecule has 1 amide bonds. The summed E-state index contributed by atoms with van der Waals surface area (Å²) in [7, 11) is 3.12. The Bertz CT molecular complexity index is 1240. The molecule has 0 unspecified atom stereocenters. The highest BCUT2D eigenvalue weighted by Crippen LogP contribution is 2.36. The van der Waals surface area contributed by atoms with E-state index in [0.717, 1.165) is 0 Å². The second-order valence-corrected chi connectivity index (χ2v) is 7.99. The summed E-state index contributed by atoms with van der Waals surface area (Å²) in [5.41, 5.74) is 6.86. The smallest absolute Gasteiger partial charge is 0.267 e. The Morgan fingerprint density at radius 3 is 2.53 bits per heavy atom. The van der Waals surface area contributed by atoms with Gasteiger partial charge in [0.2, 0.25) is 12.1 Å². The highest BCUT2D eigenvalue weighted by Gasteiger charge is 2.33. The van der Waals surface area contributed by atoms with Crippen LogP contribution in [0.4, 0.5) is 11.8 Å². The van der Waals surface area contributed by atoms with Crippen molar-refractivity contribution < 1.29 is 28.8 Å². The van der Waals surface area contributed by atoms with Crippen LogP contribution in [0.15, 0.2) is 30.3 Å². The highest BCUT2D eigenvalue weighted by molar-refractivity contribution is 5.91. The van der Waals surface area contributed by atoms with Gasteiger partial charge in [-0.1, -0.05) is 0 Å². The molecular formula is C23H25N5O6. The molecule has 11 heteroatoms. The number of fused-ring (bicyclic) bond motifs is 2. The molecule has 1 saturated heterocycles. The molecule has 5 rings (SSSR count). The molecule has 2 aromatic carbocycles. The first-order chi connectivity index (χ1) is 16.5. The molecule has 1 aromatic heterocycles. The van der Waals surface area contributed by atoms with Crippen molar-refractivity contribution in [2.75, 3.05) is 57.6 Å². The van der Waals surface area contributed by atoms with Gasteiger partial charge in [0.15, 0.2) is 23.0 Å². The second-order valence-electron chi connectivity index (χ2n) is 7.99. The second kappa shape index (κ2) is 8.65. The number of carbonyl (C=O) groups excluding carboxylic acids is 1. The van der Waals surface area contributed by atoms with Crippen LogP contribution in [0.2, 0.25) is 0 Å². The van der Waals surface area contributed by atoms with Gasteiger partial charge in [0.25, 0.3) is 5.91 Å². The van der Waals surface area contributed by atoms with E-state index >= 15 is 0 Å². The number of aromatic nitrogens is 2. The average Bonchev–Trinajstić information content (AvgIpc) is 2.87. The summed E-state index contributed by atoms with van der Waals surface area (Å²) in [5.74, 6) is 2.69. The maximum atomic E-state index is 13.0. The number of hydrogen-bond donors (Lipinski definition) is 2. The number of nitrogens with two attached hydrogens (primary N) is 1. The number of piperazine rings is 1. The zero-order valence-electron chi connectivity index (χ0n) is 18.9. The Balaban J connectivity index is 1.28. The lowest BCUT2D eigenvalue weighted by molar-refractivity contribution is -0.141. The number of rotatable bonds is 4. The number of aromatic hydroxyl groups is 1. The molecule has 0 spiro atoms. The summed E-state index contributed by atoms with van der Waals surface area (Å²) in [5, 5.41) is 10.3. The lowest BCUT2D eigenvalue weighted by Crippen LogP contribution is -2.54. The molecule has 0 bridgehead atoms. The Kier molecular flexibility index (Phi) is 5.52. The summed E-state index contributed by atoms with van der Waals surface area (Å²) in [6.07, 6.45) is -0.768. The molecule has 2 aliphatic rings. The Labute approximate surface area is 195 Å². The minimum Gasteiger partial charge on any atom is -0.508 e. The zero-order chi connectivity index (χ0) is 23.8. The van der Waals surface area contributed by atoms with E-state index in [2.05, 4.69) is 9.97 Å². The van der Waals surface area contributed by atoms with Gasteiger partial charge in [0, 0.05) is 43.7 Å². The van der Waals surface area contributed by atoms with Gasteiger partial charge < -0.3 is 39.6 Å². The first-order valence-electron chi connectivity index (χ1n) is 10.8. The molecule has 0 radical (unpaired) electrons. The molecule has 3 heterocycles. The summed E-state index contributed by atoms with van der Waals surface area (Å²) in [6.45, 7) is 2.13. The van der Waals surface area contributed by atoms with Crippen LogP contribution < -0.4 is 29.6 Å². The number of amides is 1. The van der Waals surface area contributed by atoms with Crippen molar-refractivity contribution in [2.45, 2.75) is 6.10 Å². The predicted molar refractivity (Wildman–Crippen MR) is 124 cm³/mol.